The lowest BCUT2D eigenvalue weighted by molar-refractivity contribution is -0.141. The topological polar surface area (TPSA) is 95.5 Å². The minimum Gasteiger partial charge on any atom is -0.481 e. The van der Waals surface area contributed by atoms with E-state index >= 15 is 0 Å². The first-order valence-corrected chi connectivity index (χ1v) is 7.01. The van der Waals surface area contributed by atoms with Crippen molar-refractivity contribution in [3.8, 4) is 0 Å². The van der Waals surface area contributed by atoms with Gasteiger partial charge in [0, 0.05) is 11.6 Å². The highest BCUT2D eigenvalue weighted by molar-refractivity contribution is 5.96. The molecule has 0 bridgehead atoms. The van der Waals surface area contributed by atoms with E-state index in [1.165, 1.54) is 18.2 Å². The fourth-order valence-electron chi connectivity index (χ4n) is 2.51. The van der Waals surface area contributed by atoms with Crippen molar-refractivity contribution in [3.05, 3.63) is 35.6 Å². The van der Waals surface area contributed by atoms with Crippen molar-refractivity contribution in [2.75, 3.05) is 6.54 Å². The summed E-state index contributed by atoms with van der Waals surface area (Å²) in [5.74, 6) is -2.73. The fraction of sp³-hybridized carbons (Fsp3) is 0.400. The van der Waals surface area contributed by atoms with Crippen molar-refractivity contribution in [1.82, 2.24) is 10.6 Å². The Hall–Kier alpha value is -2.44. The second-order valence-corrected chi connectivity index (χ2v) is 5.31. The van der Waals surface area contributed by atoms with E-state index in [-0.39, 0.29) is 24.1 Å². The first kappa shape index (κ1) is 15.9. The molecule has 2 rings (SSSR count). The normalized spacial score (nSPS) is 20.4. The SMILES string of the molecule is O=C(CNC(=O)c1cccc(F)c1)N[C@@H]1CC[C@H](C(=O)O)C1. The van der Waals surface area contributed by atoms with E-state index in [0.29, 0.717) is 19.3 Å². The number of carboxylic acid groups (broad SMARTS) is 1. The highest BCUT2D eigenvalue weighted by atomic mass is 19.1. The minimum absolute atomic E-state index is 0.139. The molecule has 1 fully saturated rings. The van der Waals surface area contributed by atoms with E-state index in [0.717, 1.165) is 6.07 Å². The van der Waals surface area contributed by atoms with Crippen LogP contribution < -0.4 is 10.6 Å². The van der Waals surface area contributed by atoms with Crippen LogP contribution >= 0.6 is 0 Å². The van der Waals surface area contributed by atoms with Crippen molar-refractivity contribution in [3.63, 3.8) is 0 Å². The monoisotopic (exact) mass is 308 g/mol. The molecule has 1 aromatic carbocycles. The molecule has 2 amide bonds. The molecule has 3 N–H and O–H groups in total. The van der Waals surface area contributed by atoms with Crippen LogP contribution in [0.15, 0.2) is 24.3 Å². The molecule has 0 heterocycles. The number of carbonyl (C=O) groups is 3. The molecular weight excluding hydrogens is 291 g/mol. The van der Waals surface area contributed by atoms with Crippen molar-refractivity contribution < 1.29 is 23.9 Å². The summed E-state index contributed by atoms with van der Waals surface area (Å²) in [5.41, 5.74) is 0.139. The van der Waals surface area contributed by atoms with Crippen LogP contribution in [0.2, 0.25) is 0 Å². The Morgan fingerprint density at radius 3 is 2.68 bits per heavy atom. The Labute approximate surface area is 126 Å². The number of amides is 2. The highest BCUT2D eigenvalue weighted by Crippen LogP contribution is 2.25. The molecule has 1 aromatic rings. The van der Waals surface area contributed by atoms with Crippen LogP contribution in [0.25, 0.3) is 0 Å². The number of hydrogen-bond acceptors (Lipinski definition) is 3. The fourth-order valence-corrected chi connectivity index (χ4v) is 2.51. The Morgan fingerprint density at radius 2 is 2.05 bits per heavy atom. The van der Waals surface area contributed by atoms with E-state index in [2.05, 4.69) is 10.6 Å². The summed E-state index contributed by atoms with van der Waals surface area (Å²) in [5, 5.41) is 14.0. The molecule has 22 heavy (non-hydrogen) atoms. The van der Waals surface area contributed by atoms with Gasteiger partial charge in [-0.2, -0.15) is 0 Å². The van der Waals surface area contributed by atoms with Gasteiger partial charge in [-0.05, 0) is 37.5 Å². The summed E-state index contributed by atoms with van der Waals surface area (Å²) in [6.45, 7) is -0.233. The molecule has 1 saturated carbocycles. The summed E-state index contributed by atoms with van der Waals surface area (Å²) >= 11 is 0. The molecule has 0 aliphatic heterocycles. The molecule has 1 aliphatic carbocycles. The molecular formula is C15H17FN2O4. The molecule has 118 valence electrons. The number of aliphatic carboxylic acids is 1. The van der Waals surface area contributed by atoms with Gasteiger partial charge in [-0.25, -0.2) is 4.39 Å². The van der Waals surface area contributed by atoms with Gasteiger partial charge in [0.15, 0.2) is 0 Å². The zero-order valence-electron chi connectivity index (χ0n) is 11.8. The number of rotatable bonds is 5. The van der Waals surface area contributed by atoms with Gasteiger partial charge in [0.25, 0.3) is 5.91 Å². The number of carbonyl (C=O) groups excluding carboxylic acids is 2. The third-order valence-electron chi connectivity index (χ3n) is 3.64. The standard InChI is InChI=1S/C15H17FN2O4/c16-11-3-1-2-9(6-11)14(20)17-8-13(19)18-12-5-4-10(7-12)15(21)22/h1-3,6,10,12H,4-5,7-8H2,(H,17,20)(H,18,19)(H,21,22)/t10-,12+/m0/s1. The third-order valence-corrected chi connectivity index (χ3v) is 3.64. The molecule has 0 unspecified atom stereocenters. The van der Waals surface area contributed by atoms with Crippen LogP contribution in [0.1, 0.15) is 29.6 Å². The van der Waals surface area contributed by atoms with E-state index in [1.54, 1.807) is 0 Å². The first-order valence-electron chi connectivity index (χ1n) is 7.01. The zero-order chi connectivity index (χ0) is 16.1. The number of nitrogens with one attached hydrogen (secondary N) is 2. The molecule has 6 nitrogen and oxygen atoms in total. The highest BCUT2D eigenvalue weighted by Gasteiger charge is 2.30. The molecule has 1 aliphatic rings. The van der Waals surface area contributed by atoms with Crippen LogP contribution in [-0.2, 0) is 9.59 Å². The van der Waals surface area contributed by atoms with Gasteiger partial charge < -0.3 is 15.7 Å². The predicted molar refractivity (Wildman–Crippen MR) is 75.6 cm³/mol. The Morgan fingerprint density at radius 1 is 1.27 bits per heavy atom. The van der Waals surface area contributed by atoms with Crippen LogP contribution in [0.4, 0.5) is 4.39 Å². The second-order valence-electron chi connectivity index (χ2n) is 5.31. The van der Waals surface area contributed by atoms with E-state index in [1.807, 2.05) is 0 Å². The summed E-state index contributed by atoms with van der Waals surface area (Å²) in [7, 11) is 0. The van der Waals surface area contributed by atoms with Gasteiger partial charge >= 0.3 is 5.97 Å². The van der Waals surface area contributed by atoms with Gasteiger partial charge in [-0.1, -0.05) is 6.07 Å². The first-order chi connectivity index (χ1) is 10.5. The number of benzene rings is 1. The number of halogens is 1. The van der Waals surface area contributed by atoms with Gasteiger partial charge in [0.2, 0.25) is 5.91 Å². The zero-order valence-corrected chi connectivity index (χ0v) is 11.8. The molecule has 7 heteroatoms. The van der Waals surface area contributed by atoms with E-state index in [4.69, 9.17) is 5.11 Å². The van der Waals surface area contributed by atoms with E-state index in [9.17, 15) is 18.8 Å². The van der Waals surface area contributed by atoms with Crippen molar-refractivity contribution in [2.24, 2.45) is 5.92 Å². The average Bonchev–Trinajstić information content (AvgIpc) is 2.93. The molecule has 2 atom stereocenters. The van der Waals surface area contributed by atoms with Crippen LogP contribution in [-0.4, -0.2) is 35.5 Å². The maximum Gasteiger partial charge on any atom is 0.306 e. The van der Waals surface area contributed by atoms with Gasteiger partial charge in [0.05, 0.1) is 12.5 Å². The maximum atomic E-state index is 13.0. The largest absolute Gasteiger partial charge is 0.481 e. The Kier molecular flexibility index (Phi) is 5.08. The quantitative estimate of drug-likeness (QED) is 0.754. The van der Waals surface area contributed by atoms with Crippen molar-refractivity contribution in [1.29, 1.82) is 0 Å². The predicted octanol–water partition coefficient (Wildman–Crippen LogP) is 0.925. The maximum absolute atomic E-state index is 13.0. The summed E-state index contributed by atoms with van der Waals surface area (Å²) in [4.78, 5) is 34.3. The van der Waals surface area contributed by atoms with Gasteiger partial charge in [-0.3, -0.25) is 14.4 Å². The second kappa shape index (κ2) is 7.02. The summed E-state index contributed by atoms with van der Waals surface area (Å²) in [6, 6.07) is 4.99. The van der Waals surface area contributed by atoms with Gasteiger partial charge in [0.1, 0.15) is 5.82 Å². The number of hydrogen-bond donors (Lipinski definition) is 3. The molecule has 0 aromatic heterocycles. The lowest BCUT2D eigenvalue weighted by atomic mass is 10.1. The van der Waals surface area contributed by atoms with Crippen LogP contribution in [0, 0.1) is 11.7 Å². The lowest BCUT2D eigenvalue weighted by Gasteiger charge is -2.13. The molecule has 0 spiro atoms. The summed E-state index contributed by atoms with van der Waals surface area (Å²) < 4.78 is 13.0. The van der Waals surface area contributed by atoms with Crippen molar-refractivity contribution in [2.45, 2.75) is 25.3 Å². The average molecular weight is 308 g/mol. The molecule has 0 saturated heterocycles. The summed E-state index contributed by atoms with van der Waals surface area (Å²) in [6.07, 6.45) is 1.55. The lowest BCUT2D eigenvalue weighted by Crippen LogP contribution is -2.41. The van der Waals surface area contributed by atoms with E-state index < -0.39 is 23.6 Å². The van der Waals surface area contributed by atoms with Crippen LogP contribution in [0.3, 0.4) is 0 Å². The Balaban J connectivity index is 1.76. The Bertz CT molecular complexity index is 591. The van der Waals surface area contributed by atoms with Crippen LogP contribution in [0.5, 0.6) is 0 Å². The van der Waals surface area contributed by atoms with Gasteiger partial charge in [-0.15, -0.1) is 0 Å². The third kappa shape index (κ3) is 4.28. The van der Waals surface area contributed by atoms with Crippen molar-refractivity contribution >= 4 is 17.8 Å². The smallest absolute Gasteiger partial charge is 0.306 e. The molecule has 0 radical (unpaired) electrons. The number of carboxylic acids is 1. The minimum atomic E-state index is -0.851.